The van der Waals surface area contributed by atoms with Gasteiger partial charge in [0.2, 0.25) is 17.7 Å². The van der Waals surface area contributed by atoms with Crippen molar-refractivity contribution in [3.05, 3.63) is 47.8 Å². The number of hydrogen-bond acceptors (Lipinski definition) is 4. The fraction of sp³-hybridized carbons (Fsp3) is 0.542. The maximum atomic E-state index is 13.6. The van der Waals surface area contributed by atoms with E-state index < -0.39 is 35.1 Å². The van der Waals surface area contributed by atoms with Gasteiger partial charge in [0.15, 0.2) is 0 Å². The third-order valence-corrected chi connectivity index (χ3v) is 6.68. The highest BCUT2D eigenvalue weighted by Crippen LogP contribution is 2.57. The number of carbonyl (C=O) groups is 3. The highest BCUT2D eigenvalue weighted by atomic mass is 19.1. The molecule has 1 spiro atoms. The summed E-state index contributed by atoms with van der Waals surface area (Å²) in [5.41, 5.74) is -0.831. The average Bonchev–Trinajstić information content (AvgIpc) is 3.31. The molecule has 5 atom stereocenters. The summed E-state index contributed by atoms with van der Waals surface area (Å²) in [7, 11) is 0. The molecule has 1 saturated carbocycles. The summed E-state index contributed by atoms with van der Waals surface area (Å²) in [6.07, 6.45) is 4.77. The number of fused-ring (bicyclic) bond motifs is 1. The number of amides is 3. The van der Waals surface area contributed by atoms with Crippen molar-refractivity contribution >= 4 is 17.7 Å². The Bertz CT molecular complexity index is 997. The molecule has 5 rings (SSSR count). The van der Waals surface area contributed by atoms with Crippen molar-refractivity contribution in [2.75, 3.05) is 0 Å². The number of ether oxygens (including phenoxy) is 1. The van der Waals surface area contributed by atoms with Gasteiger partial charge in [0.05, 0.1) is 17.9 Å². The van der Waals surface area contributed by atoms with Gasteiger partial charge in [0.1, 0.15) is 17.5 Å². The van der Waals surface area contributed by atoms with Crippen molar-refractivity contribution in [3.63, 3.8) is 0 Å². The molecule has 3 heterocycles. The van der Waals surface area contributed by atoms with E-state index in [0.29, 0.717) is 0 Å². The Morgan fingerprint density at radius 1 is 1.19 bits per heavy atom. The number of rotatable bonds is 5. The maximum Gasteiger partial charge on any atom is 0.246 e. The molecule has 170 valence electrons. The highest BCUT2D eigenvalue weighted by molar-refractivity contribution is 6.00. The minimum atomic E-state index is -1.13. The number of nitrogens with zero attached hydrogens (tertiary/aromatic N) is 1. The molecule has 32 heavy (non-hydrogen) atoms. The van der Waals surface area contributed by atoms with Crippen LogP contribution in [0.2, 0.25) is 0 Å². The van der Waals surface area contributed by atoms with Gasteiger partial charge in [-0.15, -0.1) is 0 Å². The van der Waals surface area contributed by atoms with Crippen LogP contribution >= 0.6 is 0 Å². The van der Waals surface area contributed by atoms with Gasteiger partial charge in [-0.2, -0.15) is 0 Å². The summed E-state index contributed by atoms with van der Waals surface area (Å²) < 4.78 is 19.4. The van der Waals surface area contributed by atoms with Crippen molar-refractivity contribution in [1.29, 1.82) is 0 Å². The number of likely N-dealkylation sites (tertiary alicyclic amines) is 1. The van der Waals surface area contributed by atoms with E-state index in [2.05, 4.69) is 10.6 Å². The lowest BCUT2D eigenvalue weighted by Gasteiger charge is -2.34. The van der Waals surface area contributed by atoms with E-state index in [1.54, 1.807) is 23.1 Å². The van der Waals surface area contributed by atoms with Crippen LogP contribution in [0.1, 0.15) is 39.2 Å². The molecule has 0 radical (unpaired) electrons. The fourth-order valence-corrected chi connectivity index (χ4v) is 5.30. The van der Waals surface area contributed by atoms with E-state index in [-0.39, 0.29) is 36.1 Å². The second-order valence-electron chi connectivity index (χ2n) is 10.3. The van der Waals surface area contributed by atoms with E-state index in [4.69, 9.17) is 4.74 Å². The number of carbonyl (C=O) groups excluding carboxylic acids is 3. The molecule has 2 bridgehead atoms. The predicted octanol–water partition coefficient (Wildman–Crippen LogP) is 1.67. The second-order valence-corrected chi connectivity index (χ2v) is 10.3. The van der Waals surface area contributed by atoms with Crippen LogP contribution in [0, 0.1) is 17.7 Å². The van der Waals surface area contributed by atoms with Crippen LogP contribution in [0.4, 0.5) is 4.39 Å². The zero-order valence-corrected chi connectivity index (χ0v) is 18.4. The van der Waals surface area contributed by atoms with Crippen LogP contribution in [0.25, 0.3) is 0 Å². The molecule has 1 aromatic rings. The number of halogens is 1. The van der Waals surface area contributed by atoms with E-state index in [1.165, 1.54) is 12.1 Å². The van der Waals surface area contributed by atoms with E-state index in [1.807, 2.05) is 26.8 Å². The molecular weight excluding hydrogens is 413 g/mol. The zero-order chi connectivity index (χ0) is 22.8. The average molecular weight is 442 g/mol. The third-order valence-electron chi connectivity index (χ3n) is 6.68. The van der Waals surface area contributed by atoms with Gasteiger partial charge in [0, 0.05) is 18.1 Å². The first-order valence-corrected chi connectivity index (χ1v) is 11.1. The molecule has 7 nitrogen and oxygen atoms in total. The molecule has 0 unspecified atom stereocenters. The van der Waals surface area contributed by atoms with Crippen LogP contribution in [0.3, 0.4) is 0 Å². The van der Waals surface area contributed by atoms with Crippen molar-refractivity contribution in [3.8, 4) is 0 Å². The van der Waals surface area contributed by atoms with Crippen molar-refractivity contribution < 1.29 is 23.5 Å². The standard InChI is InChI=1S/C24H28FN3O4/c1-23(2,3)27-21(30)19-24-11-10-16(32-24)17(18(24)22(31)28(19)15-8-9-15)20(29)26-12-13-4-6-14(25)7-5-13/h4-7,10-11,15-19H,8-9,12H2,1-3H3,(H,26,29)(H,27,30)/t16-,17+,18+,19+,24+/m1/s1. The summed E-state index contributed by atoms with van der Waals surface area (Å²) in [6.45, 7) is 5.91. The van der Waals surface area contributed by atoms with Crippen LogP contribution in [-0.2, 0) is 25.7 Å². The Hall–Kier alpha value is -2.74. The number of hydrogen-bond donors (Lipinski definition) is 2. The Kier molecular flexibility index (Phi) is 4.71. The maximum absolute atomic E-state index is 13.6. The van der Waals surface area contributed by atoms with Crippen molar-refractivity contribution in [2.24, 2.45) is 11.8 Å². The van der Waals surface area contributed by atoms with Crippen LogP contribution < -0.4 is 10.6 Å². The Morgan fingerprint density at radius 3 is 2.50 bits per heavy atom. The first-order valence-electron chi connectivity index (χ1n) is 11.1. The molecule has 2 N–H and O–H groups in total. The topological polar surface area (TPSA) is 87.7 Å². The Labute approximate surface area is 186 Å². The zero-order valence-electron chi connectivity index (χ0n) is 18.4. The molecular formula is C24H28FN3O4. The quantitative estimate of drug-likeness (QED) is 0.681. The molecule has 3 fully saturated rings. The van der Waals surface area contributed by atoms with E-state index in [9.17, 15) is 18.8 Å². The first-order chi connectivity index (χ1) is 15.1. The lowest BCUT2D eigenvalue weighted by Crippen LogP contribution is -2.58. The van der Waals surface area contributed by atoms with Crippen LogP contribution in [0.15, 0.2) is 36.4 Å². The summed E-state index contributed by atoms with van der Waals surface area (Å²) in [4.78, 5) is 41.8. The lowest BCUT2D eigenvalue weighted by atomic mass is 9.74. The van der Waals surface area contributed by atoms with Crippen molar-refractivity contribution in [1.82, 2.24) is 15.5 Å². The van der Waals surface area contributed by atoms with Gasteiger partial charge in [-0.3, -0.25) is 14.4 Å². The predicted molar refractivity (Wildman–Crippen MR) is 114 cm³/mol. The van der Waals surface area contributed by atoms with Gasteiger partial charge < -0.3 is 20.3 Å². The Morgan fingerprint density at radius 2 is 1.88 bits per heavy atom. The van der Waals surface area contributed by atoms with Gasteiger partial charge in [-0.05, 0) is 51.3 Å². The molecule has 1 aliphatic carbocycles. The third kappa shape index (κ3) is 3.32. The Balaban J connectivity index is 1.41. The van der Waals surface area contributed by atoms with Crippen molar-refractivity contribution in [2.45, 2.75) is 69.5 Å². The summed E-state index contributed by atoms with van der Waals surface area (Å²) in [5, 5.41) is 5.87. The molecule has 3 amide bonds. The van der Waals surface area contributed by atoms with Gasteiger partial charge in [0.25, 0.3) is 0 Å². The minimum Gasteiger partial charge on any atom is -0.359 e. The molecule has 8 heteroatoms. The first kappa shape index (κ1) is 21.1. The fourth-order valence-electron chi connectivity index (χ4n) is 5.30. The normalized spacial score (nSPS) is 32.9. The van der Waals surface area contributed by atoms with Gasteiger partial charge in [-0.25, -0.2) is 4.39 Å². The molecule has 1 aromatic carbocycles. The lowest BCUT2D eigenvalue weighted by molar-refractivity contribution is -0.143. The minimum absolute atomic E-state index is 0.0113. The van der Waals surface area contributed by atoms with E-state index in [0.717, 1.165) is 18.4 Å². The molecule has 2 saturated heterocycles. The van der Waals surface area contributed by atoms with E-state index >= 15 is 0 Å². The summed E-state index contributed by atoms with van der Waals surface area (Å²) >= 11 is 0. The number of benzene rings is 1. The summed E-state index contributed by atoms with van der Waals surface area (Å²) in [5.74, 6) is -2.52. The van der Waals surface area contributed by atoms with Crippen LogP contribution in [0.5, 0.6) is 0 Å². The molecule has 3 aliphatic heterocycles. The summed E-state index contributed by atoms with van der Waals surface area (Å²) in [6, 6.07) is 5.12. The molecule has 4 aliphatic rings. The SMILES string of the molecule is CC(C)(C)NC(=O)[C@@H]1N(C2CC2)C(=O)[C@@H]2[C@@H](C(=O)NCc3ccc(F)cc3)[C@H]3C=C[C@]21O3. The largest absolute Gasteiger partial charge is 0.359 e. The highest BCUT2D eigenvalue weighted by Gasteiger charge is 2.74. The van der Waals surface area contributed by atoms with Gasteiger partial charge >= 0.3 is 0 Å². The number of nitrogens with one attached hydrogen (secondary N) is 2. The molecule has 0 aromatic heterocycles. The second kappa shape index (κ2) is 7.13. The smallest absolute Gasteiger partial charge is 0.246 e. The monoisotopic (exact) mass is 441 g/mol. The van der Waals surface area contributed by atoms with Gasteiger partial charge in [-0.1, -0.05) is 24.3 Å². The van der Waals surface area contributed by atoms with Crippen LogP contribution in [-0.4, -0.2) is 51.9 Å².